The molecule has 1 aliphatic rings. The predicted molar refractivity (Wildman–Crippen MR) is 129 cm³/mol. The molecule has 0 bridgehead atoms. The maximum Gasteiger partial charge on any atom is 0.363 e. The molecule has 0 aromatic heterocycles. The van der Waals surface area contributed by atoms with Gasteiger partial charge in [-0.15, -0.1) is 0 Å². The molecule has 0 saturated carbocycles. The molecular weight excluding hydrogens is 450 g/mol. The first kappa shape index (κ1) is 23.6. The Morgan fingerprint density at radius 2 is 1.54 bits per heavy atom. The predicted octanol–water partition coefficient (Wildman–Crippen LogP) is 4.21. The number of nitrogens with zero attached hydrogens (tertiary/aromatic N) is 1. The van der Waals surface area contributed by atoms with E-state index in [1.165, 1.54) is 27.4 Å². The highest BCUT2D eigenvalue weighted by molar-refractivity contribution is 6.13. The van der Waals surface area contributed by atoms with E-state index in [2.05, 4.69) is 4.99 Å². The maximum absolute atomic E-state index is 12.6. The molecule has 8 heteroatoms. The number of hydrogen-bond donors (Lipinski definition) is 0. The van der Waals surface area contributed by atoms with Crippen molar-refractivity contribution in [2.24, 2.45) is 4.99 Å². The fourth-order valence-electron chi connectivity index (χ4n) is 3.50. The summed E-state index contributed by atoms with van der Waals surface area (Å²) in [5.74, 6) is 0.536. The summed E-state index contributed by atoms with van der Waals surface area (Å²) in [4.78, 5) is 29.4. The lowest BCUT2D eigenvalue weighted by Gasteiger charge is -2.13. The van der Waals surface area contributed by atoms with E-state index in [1.54, 1.807) is 36.4 Å². The zero-order valence-corrected chi connectivity index (χ0v) is 19.4. The summed E-state index contributed by atoms with van der Waals surface area (Å²) < 4.78 is 27.0. The van der Waals surface area contributed by atoms with Gasteiger partial charge in [0.25, 0.3) is 0 Å². The van der Waals surface area contributed by atoms with Crippen LogP contribution in [0.4, 0.5) is 0 Å². The molecular formula is C27H23NO7. The SMILES string of the molecule is COc1cc(C2=N/C(=C/c3ccccc3OC(=O)Cc3ccccc3)C(=O)O2)cc(OC)c1OC. The molecule has 0 atom stereocenters. The fourth-order valence-corrected chi connectivity index (χ4v) is 3.50. The summed E-state index contributed by atoms with van der Waals surface area (Å²) in [7, 11) is 4.48. The van der Waals surface area contributed by atoms with E-state index in [0.717, 1.165) is 5.56 Å². The Morgan fingerprint density at radius 1 is 0.886 bits per heavy atom. The molecule has 35 heavy (non-hydrogen) atoms. The third-order valence-electron chi connectivity index (χ3n) is 5.16. The third kappa shape index (κ3) is 5.33. The number of aliphatic imine (C=N–C) groups is 1. The van der Waals surface area contributed by atoms with Gasteiger partial charge in [0.05, 0.1) is 27.8 Å². The number of ether oxygens (including phenoxy) is 5. The first-order chi connectivity index (χ1) is 17.0. The zero-order valence-electron chi connectivity index (χ0n) is 19.4. The van der Waals surface area contributed by atoms with Crippen LogP contribution in [0.25, 0.3) is 6.08 Å². The van der Waals surface area contributed by atoms with Gasteiger partial charge in [-0.3, -0.25) is 4.79 Å². The van der Waals surface area contributed by atoms with Crippen molar-refractivity contribution in [3.8, 4) is 23.0 Å². The highest BCUT2D eigenvalue weighted by Crippen LogP contribution is 2.39. The second kappa shape index (κ2) is 10.6. The van der Waals surface area contributed by atoms with Gasteiger partial charge in [0, 0.05) is 11.1 Å². The van der Waals surface area contributed by atoms with E-state index < -0.39 is 11.9 Å². The summed E-state index contributed by atoms with van der Waals surface area (Å²) in [6.07, 6.45) is 1.63. The number of para-hydroxylation sites is 1. The van der Waals surface area contributed by atoms with Crippen molar-refractivity contribution in [1.82, 2.24) is 0 Å². The number of rotatable bonds is 8. The lowest BCUT2D eigenvalue weighted by molar-refractivity contribution is -0.133. The molecule has 178 valence electrons. The maximum atomic E-state index is 12.6. The summed E-state index contributed by atoms with van der Waals surface area (Å²) in [6.45, 7) is 0. The average Bonchev–Trinajstić information content (AvgIpc) is 3.24. The number of esters is 2. The van der Waals surface area contributed by atoms with Crippen LogP contribution in [0.2, 0.25) is 0 Å². The summed E-state index contributed by atoms with van der Waals surface area (Å²) in [6, 6.07) is 19.4. The molecule has 1 aliphatic heterocycles. The minimum atomic E-state index is -0.640. The number of carbonyl (C=O) groups is 2. The van der Waals surface area contributed by atoms with Crippen molar-refractivity contribution in [1.29, 1.82) is 0 Å². The molecule has 0 saturated heterocycles. The van der Waals surface area contributed by atoms with Gasteiger partial charge < -0.3 is 23.7 Å². The van der Waals surface area contributed by atoms with Crippen molar-refractivity contribution < 1.29 is 33.3 Å². The average molecular weight is 473 g/mol. The molecule has 0 spiro atoms. The molecule has 0 unspecified atom stereocenters. The Kier molecular flexibility index (Phi) is 7.11. The highest BCUT2D eigenvalue weighted by atomic mass is 16.6. The number of benzene rings is 3. The molecule has 0 radical (unpaired) electrons. The summed E-state index contributed by atoms with van der Waals surface area (Å²) in [5.41, 5.74) is 1.88. The van der Waals surface area contributed by atoms with E-state index in [-0.39, 0.29) is 18.0 Å². The van der Waals surface area contributed by atoms with Crippen LogP contribution < -0.4 is 18.9 Å². The van der Waals surface area contributed by atoms with Gasteiger partial charge in [0.1, 0.15) is 5.75 Å². The van der Waals surface area contributed by atoms with Crippen LogP contribution in [-0.4, -0.2) is 39.2 Å². The molecule has 3 aromatic rings. The summed E-state index contributed by atoms with van der Waals surface area (Å²) >= 11 is 0. The Balaban J connectivity index is 1.61. The molecule has 8 nitrogen and oxygen atoms in total. The van der Waals surface area contributed by atoms with Crippen LogP contribution >= 0.6 is 0 Å². The van der Waals surface area contributed by atoms with Crippen molar-refractivity contribution in [2.75, 3.05) is 21.3 Å². The minimum absolute atomic E-state index is 0.0558. The van der Waals surface area contributed by atoms with E-state index in [0.29, 0.717) is 34.1 Å². The minimum Gasteiger partial charge on any atom is -0.493 e. The molecule has 0 amide bonds. The van der Waals surface area contributed by atoms with Crippen LogP contribution in [0, 0.1) is 0 Å². The lowest BCUT2D eigenvalue weighted by atomic mass is 10.1. The van der Waals surface area contributed by atoms with Crippen molar-refractivity contribution >= 4 is 23.9 Å². The van der Waals surface area contributed by atoms with E-state index in [1.807, 2.05) is 30.3 Å². The van der Waals surface area contributed by atoms with Crippen LogP contribution in [0.3, 0.4) is 0 Å². The molecule has 3 aromatic carbocycles. The molecule has 0 aliphatic carbocycles. The van der Waals surface area contributed by atoms with Crippen LogP contribution in [-0.2, 0) is 20.7 Å². The van der Waals surface area contributed by atoms with Gasteiger partial charge in [0.2, 0.25) is 11.6 Å². The van der Waals surface area contributed by atoms with Gasteiger partial charge in [-0.2, -0.15) is 0 Å². The Labute approximate surface area is 202 Å². The van der Waals surface area contributed by atoms with Gasteiger partial charge in [-0.05, 0) is 29.8 Å². The topological polar surface area (TPSA) is 92.7 Å². The Morgan fingerprint density at radius 3 is 2.20 bits per heavy atom. The van der Waals surface area contributed by atoms with Gasteiger partial charge in [-0.25, -0.2) is 9.79 Å². The van der Waals surface area contributed by atoms with Gasteiger partial charge in [-0.1, -0.05) is 48.5 Å². The second-order valence-electron chi connectivity index (χ2n) is 7.42. The first-order valence-corrected chi connectivity index (χ1v) is 10.7. The second-order valence-corrected chi connectivity index (χ2v) is 7.42. The standard InChI is InChI=1S/C27H23NO7/c1-31-22-15-19(16-23(32-2)25(22)33-3)26-28-20(27(30)35-26)14-18-11-7-8-12-21(18)34-24(29)13-17-9-5-4-6-10-17/h4-12,14-16H,13H2,1-3H3/b20-14+. The highest BCUT2D eigenvalue weighted by Gasteiger charge is 2.27. The summed E-state index contributed by atoms with van der Waals surface area (Å²) in [5, 5.41) is 0. The fraction of sp³-hybridized carbons (Fsp3) is 0.148. The number of carbonyl (C=O) groups excluding carboxylic acids is 2. The zero-order chi connectivity index (χ0) is 24.8. The normalized spacial score (nSPS) is 13.7. The van der Waals surface area contributed by atoms with Crippen LogP contribution in [0.15, 0.2) is 77.4 Å². The van der Waals surface area contributed by atoms with E-state index in [4.69, 9.17) is 23.7 Å². The first-order valence-electron chi connectivity index (χ1n) is 10.7. The Hall–Kier alpha value is -4.59. The van der Waals surface area contributed by atoms with Crippen molar-refractivity contribution in [3.05, 3.63) is 89.1 Å². The number of hydrogen-bond acceptors (Lipinski definition) is 8. The molecule has 1 heterocycles. The Bertz CT molecular complexity index is 1290. The van der Waals surface area contributed by atoms with Gasteiger partial charge >= 0.3 is 11.9 Å². The van der Waals surface area contributed by atoms with Crippen LogP contribution in [0.5, 0.6) is 23.0 Å². The van der Waals surface area contributed by atoms with Gasteiger partial charge in [0.15, 0.2) is 17.2 Å². The number of methoxy groups -OCH3 is 3. The van der Waals surface area contributed by atoms with Crippen molar-refractivity contribution in [3.63, 3.8) is 0 Å². The lowest BCUT2D eigenvalue weighted by Crippen LogP contribution is -2.12. The third-order valence-corrected chi connectivity index (χ3v) is 5.16. The monoisotopic (exact) mass is 473 g/mol. The van der Waals surface area contributed by atoms with Crippen LogP contribution in [0.1, 0.15) is 16.7 Å². The van der Waals surface area contributed by atoms with Crippen molar-refractivity contribution in [2.45, 2.75) is 6.42 Å². The molecule has 0 N–H and O–H groups in total. The van der Waals surface area contributed by atoms with E-state index in [9.17, 15) is 9.59 Å². The number of cyclic esters (lactones) is 1. The molecule has 0 fully saturated rings. The quantitative estimate of drug-likeness (QED) is 0.275. The smallest absolute Gasteiger partial charge is 0.363 e. The largest absolute Gasteiger partial charge is 0.493 e. The molecule has 4 rings (SSSR count). The van der Waals surface area contributed by atoms with E-state index >= 15 is 0 Å².